The van der Waals surface area contributed by atoms with Crippen LogP contribution in [0.5, 0.6) is 0 Å². The average Bonchev–Trinajstić information content (AvgIpc) is 3.25. The molecule has 3 saturated carbocycles. The highest BCUT2D eigenvalue weighted by molar-refractivity contribution is 8.13. The van der Waals surface area contributed by atoms with E-state index in [1.807, 2.05) is 0 Å². The van der Waals surface area contributed by atoms with Gasteiger partial charge < -0.3 is 4.74 Å². The molecule has 0 N–H and O–H groups in total. The molecule has 0 saturated heterocycles. The molecule has 4 aliphatic rings. The van der Waals surface area contributed by atoms with Crippen molar-refractivity contribution >= 4 is 33.6 Å². The van der Waals surface area contributed by atoms with Gasteiger partial charge in [0, 0.05) is 24.5 Å². The number of fused-ring (bicyclic) bond motifs is 6. The number of rotatable bonds is 4. The van der Waals surface area contributed by atoms with Crippen molar-refractivity contribution in [3.8, 4) is 0 Å². The van der Waals surface area contributed by atoms with Crippen molar-refractivity contribution < 1.29 is 14.3 Å². The van der Waals surface area contributed by atoms with Gasteiger partial charge >= 0.3 is 5.97 Å². The van der Waals surface area contributed by atoms with Crippen LogP contribution in [0.2, 0.25) is 0 Å². The summed E-state index contributed by atoms with van der Waals surface area (Å²) >= 11 is 1.57. The highest BCUT2D eigenvalue weighted by Gasteiger charge is 2.60. The first-order chi connectivity index (χ1) is 18.2. The predicted molar refractivity (Wildman–Crippen MR) is 156 cm³/mol. The lowest BCUT2D eigenvalue weighted by Gasteiger charge is -2.58. The topological polar surface area (TPSA) is 43.4 Å². The van der Waals surface area contributed by atoms with Crippen molar-refractivity contribution in [3.63, 3.8) is 0 Å². The number of ether oxygens (including phenoxy) is 1. The smallest absolute Gasteiger partial charge is 0.302 e. The number of esters is 1. The third-order valence-corrected chi connectivity index (χ3v) is 12.4. The standard InChI is InChI=1S/C34H42O3S/c1-21(24-10-9-23-7-5-6-8-25(23)19-24)38-32(36)31-14-13-29-28-12-11-26-20-27(37-22(2)35)15-17-33(26,3)30(28)16-18-34(29,31)4/h5-11,19,21,27-31H,12-18,20H2,1-4H3/t21-,27+,28+,29+,30+,31-,33+,34+/m1/s1. The van der Waals surface area contributed by atoms with Crippen LogP contribution in [0.25, 0.3) is 10.8 Å². The predicted octanol–water partition coefficient (Wildman–Crippen LogP) is 8.67. The Balaban J connectivity index is 1.17. The van der Waals surface area contributed by atoms with Crippen molar-refractivity contribution in [3.05, 3.63) is 59.7 Å². The molecule has 202 valence electrons. The lowest BCUT2D eigenvalue weighted by atomic mass is 9.47. The molecule has 0 radical (unpaired) electrons. The normalized spacial score (nSPS) is 36.9. The van der Waals surface area contributed by atoms with Crippen molar-refractivity contribution in [1.29, 1.82) is 0 Å². The Kier molecular flexibility index (Phi) is 6.78. The van der Waals surface area contributed by atoms with Gasteiger partial charge in [0.05, 0.1) is 0 Å². The van der Waals surface area contributed by atoms with Crippen LogP contribution in [0.1, 0.15) is 89.9 Å². The van der Waals surface area contributed by atoms with E-state index >= 15 is 0 Å². The van der Waals surface area contributed by atoms with Crippen LogP contribution in [0.15, 0.2) is 54.1 Å². The molecule has 3 nitrogen and oxygen atoms in total. The van der Waals surface area contributed by atoms with E-state index < -0.39 is 0 Å². The Morgan fingerprint density at radius 3 is 2.55 bits per heavy atom. The molecule has 3 fully saturated rings. The number of hydrogen-bond donors (Lipinski definition) is 0. The molecule has 0 aliphatic heterocycles. The second kappa shape index (κ2) is 9.84. The van der Waals surface area contributed by atoms with E-state index in [0.717, 1.165) is 38.5 Å². The van der Waals surface area contributed by atoms with E-state index in [-0.39, 0.29) is 34.1 Å². The van der Waals surface area contributed by atoms with Crippen molar-refractivity contribution in [1.82, 2.24) is 0 Å². The summed E-state index contributed by atoms with van der Waals surface area (Å²) in [5.41, 5.74) is 3.12. The Labute approximate surface area is 232 Å². The molecule has 4 aliphatic carbocycles. The van der Waals surface area contributed by atoms with Gasteiger partial charge in [0.2, 0.25) is 0 Å². The lowest BCUT2D eigenvalue weighted by Crippen LogP contribution is -2.51. The summed E-state index contributed by atoms with van der Waals surface area (Å²) in [5, 5.41) is 3.07. The zero-order valence-electron chi connectivity index (χ0n) is 23.4. The fourth-order valence-electron chi connectivity index (χ4n) is 9.14. The third-order valence-electron chi connectivity index (χ3n) is 11.2. The summed E-state index contributed by atoms with van der Waals surface area (Å²) in [6.07, 6.45) is 11.3. The maximum absolute atomic E-state index is 13.8. The van der Waals surface area contributed by atoms with Gasteiger partial charge in [0.15, 0.2) is 5.12 Å². The number of carbonyl (C=O) groups excluding carboxylic acids is 2. The molecule has 8 atom stereocenters. The molecule has 2 aromatic rings. The summed E-state index contributed by atoms with van der Waals surface area (Å²) in [6, 6.07) is 15.1. The maximum Gasteiger partial charge on any atom is 0.302 e. The zero-order valence-corrected chi connectivity index (χ0v) is 24.2. The Bertz CT molecular complexity index is 1280. The highest BCUT2D eigenvalue weighted by Crippen LogP contribution is 2.67. The van der Waals surface area contributed by atoms with Crippen LogP contribution in [0, 0.1) is 34.5 Å². The quantitative estimate of drug-likeness (QED) is 0.293. The van der Waals surface area contributed by atoms with Gasteiger partial charge in [-0.15, -0.1) is 0 Å². The van der Waals surface area contributed by atoms with E-state index in [0.29, 0.717) is 22.9 Å². The van der Waals surface area contributed by atoms with Gasteiger partial charge in [-0.2, -0.15) is 0 Å². The van der Waals surface area contributed by atoms with Crippen LogP contribution in [-0.4, -0.2) is 17.2 Å². The van der Waals surface area contributed by atoms with Crippen molar-refractivity contribution in [2.24, 2.45) is 34.5 Å². The second-order valence-corrected chi connectivity index (χ2v) is 14.4. The van der Waals surface area contributed by atoms with E-state index in [9.17, 15) is 9.59 Å². The van der Waals surface area contributed by atoms with Gasteiger partial charge in [0.1, 0.15) is 6.10 Å². The van der Waals surface area contributed by atoms with E-state index in [4.69, 9.17) is 4.74 Å². The summed E-state index contributed by atoms with van der Waals surface area (Å²) < 4.78 is 5.61. The first kappa shape index (κ1) is 26.2. The number of benzene rings is 2. The highest BCUT2D eigenvalue weighted by atomic mass is 32.2. The molecule has 0 bridgehead atoms. The number of allylic oxidation sites excluding steroid dienone is 1. The van der Waals surface area contributed by atoms with Gasteiger partial charge in [-0.25, -0.2) is 0 Å². The number of carbonyl (C=O) groups is 2. The second-order valence-electron chi connectivity index (χ2n) is 13.1. The van der Waals surface area contributed by atoms with Crippen molar-refractivity contribution in [2.45, 2.75) is 90.4 Å². The monoisotopic (exact) mass is 530 g/mol. The van der Waals surface area contributed by atoms with Gasteiger partial charge in [-0.3, -0.25) is 9.59 Å². The van der Waals surface area contributed by atoms with Crippen LogP contribution in [0.3, 0.4) is 0 Å². The van der Waals surface area contributed by atoms with Gasteiger partial charge in [-0.05, 0) is 96.8 Å². The maximum atomic E-state index is 13.8. The molecule has 0 spiro atoms. The average molecular weight is 531 g/mol. The molecule has 6 rings (SSSR count). The molecule has 0 aromatic heterocycles. The molecule has 4 heteroatoms. The lowest BCUT2D eigenvalue weighted by molar-refractivity contribution is -0.148. The van der Waals surface area contributed by atoms with E-state index in [1.165, 1.54) is 41.7 Å². The molecule has 38 heavy (non-hydrogen) atoms. The van der Waals surface area contributed by atoms with Gasteiger partial charge in [-0.1, -0.05) is 79.7 Å². The first-order valence-corrected chi connectivity index (χ1v) is 15.6. The van der Waals surface area contributed by atoms with Crippen LogP contribution in [-0.2, 0) is 14.3 Å². The Morgan fingerprint density at radius 1 is 0.974 bits per heavy atom. The summed E-state index contributed by atoms with van der Waals surface area (Å²) in [4.78, 5) is 25.4. The fourth-order valence-corrected chi connectivity index (χ4v) is 10.3. The van der Waals surface area contributed by atoms with Crippen LogP contribution >= 0.6 is 11.8 Å². The number of thioether (sulfide) groups is 1. The van der Waals surface area contributed by atoms with Crippen LogP contribution in [0.4, 0.5) is 0 Å². The number of hydrogen-bond acceptors (Lipinski definition) is 4. The minimum atomic E-state index is -0.157. The van der Waals surface area contributed by atoms with Crippen LogP contribution < -0.4 is 0 Å². The fraction of sp³-hybridized carbons (Fsp3) is 0.588. The van der Waals surface area contributed by atoms with E-state index in [1.54, 1.807) is 11.8 Å². The van der Waals surface area contributed by atoms with E-state index in [2.05, 4.69) is 69.3 Å². The SMILES string of the molecule is CC(=O)O[C@H]1CC[C@@]2(C)C(=CC[C@H]3[C@@H]4CC[C@H](C(=O)S[C@H](C)c5ccc6ccccc6c5)[C@@]4(C)CC[C@@H]32)C1. The molecular weight excluding hydrogens is 488 g/mol. The molecule has 2 aromatic carbocycles. The zero-order chi connectivity index (χ0) is 26.7. The first-order valence-electron chi connectivity index (χ1n) is 14.7. The van der Waals surface area contributed by atoms with Crippen molar-refractivity contribution in [2.75, 3.05) is 0 Å². The molecule has 0 amide bonds. The Morgan fingerprint density at radius 2 is 1.76 bits per heavy atom. The molecule has 0 unspecified atom stereocenters. The summed E-state index contributed by atoms with van der Waals surface area (Å²) in [7, 11) is 0. The Hall–Kier alpha value is -2.07. The largest absolute Gasteiger partial charge is 0.462 e. The molecule has 0 heterocycles. The third kappa shape index (κ3) is 4.35. The minimum Gasteiger partial charge on any atom is -0.462 e. The summed E-state index contributed by atoms with van der Waals surface area (Å²) in [5.74, 6) is 2.01. The molecular formula is C34H42O3S. The minimum absolute atomic E-state index is 0.0485. The summed E-state index contributed by atoms with van der Waals surface area (Å²) in [6.45, 7) is 8.66. The van der Waals surface area contributed by atoms with Gasteiger partial charge in [0.25, 0.3) is 0 Å².